The van der Waals surface area contributed by atoms with Crippen LogP contribution in [-0.2, 0) is 10.9 Å². The molecule has 1 aromatic carbocycles. The van der Waals surface area contributed by atoms with Crippen LogP contribution in [0, 0.1) is 7.11 Å². The average molecular weight is 215 g/mol. The normalized spacial score (nSPS) is 12.3. The van der Waals surface area contributed by atoms with Crippen molar-refractivity contribution in [3.63, 3.8) is 0 Å². The van der Waals surface area contributed by atoms with Gasteiger partial charge in [-0.3, -0.25) is 0 Å². The lowest BCUT2D eigenvalue weighted by Crippen LogP contribution is -2.04. The van der Waals surface area contributed by atoms with Crippen molar-refractivity contribution in [2.24, 2.45) is 0 Å². The van der Waals surface area contributed by atoms with Gasteiger partial charge in [0.05, 0.1) is 19.3 Å². The molecule has 0 saturated carbocycles. The Kier molecular flexibility index (Phi) is 3.91. The summed E-state index contributed by atoms with van der Waals surface area (Å²) in [5.41, 5.74) is -0.165. The summed E-state index contributed by atoms with van der Waals surface area (Å²) >= 11 is 0. The molecule has 0 heterocycles. The summed E-state index contributed by atoms with van der Waals surface area (Å²) in [6.45, 7) is 0.274. The maximum atomic E-state index is 12.3. The molecule has 81 valence electrons. The van der Waals surface area contributed by atoms with Gasteiger partial charge in [-0.05, 0) is 17.7 Å². The van der Waals surface area contributed by atoms with Crippen molar-refractivity contribution in [2.45, 2.75) is 6.18 Å². The van der Waals surface area contributed by atoms with Crippen molar-refractivity contribution in [3.05, 3.63) is 48.6 Å². The minimum Gasteiger partial charge on any atom is -0.375 e. The Hall–Kier alpha value is -1.29. The van der Waals surface area contributed by atoms with E-state index in [1.54, 1.807) is 18.2 Å². The molecule has 0 aliphatic heterocycles. The van der Waals surface area contributed by atoms with Crippen LogP contribution in [-0.4, -0.2) is 6.61 Å². The molecule has 0 saturated heterocycles. The SMILES string of the molecule is [CH2]OCC=Cc1cccc(C(F)(F)F)c1. The summed E-state index contributed by atoms with van der Waals surface area (Å²) in [7, 11) is 3.14. The van der Waals surface area contributed by atoms with Gasteiger partial charge in [-0.15, -0.1) is 0 Å². The van der Waals surface area contributed by atoms with Crippen LogP contribution in [0.1, 0.15) is 11.1 Å². The van der Waals surface area contributed by atoms with E-state index >= 15 is 0 Å². The molecule has 0 aliphatic carbocycles. The lowest BCUT2D eigenvalue weighted by Gasteiger charge is -2.06. The van der Waals surface area contributed by atoms with E-state index in [-0.39, 0.29) is 6.61 Å². The quantitative estimate of drug-likeness (QED) is 0.749. The van der Waals surface area contributed by atoms with Gasteiger partial charge in [-0.2, -0.15) is 13.2 Å². The number of ether oxygens (including phenoxy) is 1. The molecule has 1 rings (SSSR count). The Bertz CT molecular complexity index is 342. The van der Waals surface area contributed by atoms with Crippen molar-refractivity contribution in [1.82, 2.24) is 0 Å². The molecule has 1 aromatic rings. The first-order chi connectivity index (χ1) is 7.04. The summed E-state index contributed by atoms with van der Waals surface area (Å²) in [5.74, 6) is 0. The fourth-order valence-electron chi connectivity index (χ4n) is 1.07. The largest absolute Gasteiger partial charge is 0.416 e. The minimum absolute atomic E-state index is 0.274. The molecular formula is C11H10F3O. The zero-order chi connectivity index (χ0) is 11.3. The average Bonchev–Trinajstić information content (AvgIpc) is 2.17. The van der Waals surface area contributed by atoms with Crippen LogP contribution in [0.15, 0.2) is 30.3 Å². The molecule has 0 fully saturated rings. The molecule has 1 radical (unpaired) electrons. The lowest BCUT2D eigenvalue weighted by atomic mass is 10.1. The molecule has 15 heavy (non-hydrogen) atoms. The first-order valence-corrected chi connectivity index (χ1v) is 4.25. The Labute approximate surface area is 86.2 Å². The topological polar surface area (TPSA) is 9.23 Å². The van der Waals surface area contributed by atoms with Crippen LogP contribution < -0.4 is 0 Å². The highest BCUT2D eigenvalue weighted by Gasteiger charge is 2.30. The van der Waals surface area contributed by atoms with Gasteiger partial charge in [0.15, 0.2) is 0 Å². The molecule has 1 nitrogen and oxygen atoms in total. The molecule has 4 heteroatoms. The molecule has 0 aromatic heterocycles. The third-order valence-electron chi connectivity index (χ3n) is 1.74. The summed E-state index contributed by atoms with van der Waals surface area (Å²) < 4.78 is 41.4. The van der Waals surface area contributed by atoms with Crippen molar-refractivity contribution in [2.75, 3.05) is 6.61 Å². The maximum absolute atomic E-state index is 12.3. The second-order valence-electron chi connectivity index (χ2n) is 2.90. The number of hydrogen-bond acceptors (Lipinski definition) is 1. The predicted octanol–water partition coefficient (Wildman–Crippen LogP) is 3.53. The van der Waals surface area contributed by atoms with E-state index in [1.165, 1.54) is 6.07 Å². The molecule has 0 N–H and O–H groups in total. The number of benzene rings is 1. The lowest BCUT2D eigenvalue weighted by molar-refractivity contribution is -0.137. The third kappa shape index (κ3) is 3.75. The van der Waals surface area contributed by atoms with E-state index in [1.807, 2.05) is 0 Å². The zero-order valence-corrected chi connectivity index (χ0v) is 7.92. The Morgan fingerprint density at radius 2 is 2.07 bits per heavy atom. The van der Waals surface area contributed by atoms with E-state index in [0.29, 0.717) is 5.56 Å². The van der Waals surface area contributed by atoms with E-state index in [2.05, 4.69) is 11.8 Å². The van der Waals surface area contributed by atoms with Crippen LogP contribution in [0.25, 0.3) is 6.08 Å². The van der Waals surface area contributed by atoms with Crippen molar-refractivity contribution >= 4 is 6.08 Å². The molecule has 0 atom stereocenters. The first kappa shape index (κ1) is 11.8. The summed E-state index contributed by atoms with van der Waals surface area (Å²) in [6, 6.07) is 5.08. The minimum atomic E-state index is -4.30. The maximum Gasteiger partial charge on any atom is 0.416 e. The zero-order valence-electron chi connectivity index (χ0n) is 7.92. The second-order valence-corrected chi connectivity index (χ2v) is 2.90. The van der Waals surface area contributed by atoms with E-state index in [4.69, 9.17) is 0 Å². The fraction of sp³-hybridized carbons (Fsp3) is 0.182. The second kappa shape index (κ2) is 4.98. The molecular weight excluding hydrogens is 205 g/mol. The van der Waals surface area contributed by atoms with E-state index < -0.39 is 11.7 Å². The van der Waals surface area contributed by atoms with Gasteiger partial charge >= 0.3 is 6.18 Å². The summed E-state index contributed by atoms with van der Waals surface area (Å²) in [4.78, 5) is 0. The van der Waals surface area contributed by atoms with E-state index in [0.717, 1.165) is 12.1 Å². The Morgan fingerprint density at radius 1 is 1.33 bits per heavy atom. The van der Waals surface area contributed by atoms with Gasteiger partial charge < -0.3 is 4.74 Å². The molecule has 0 aliphatic rings. The van der Waals surface area contributed by atoms with Crippen molar-refractivity contribution < 1.29 is 17.9 Å². The highest BCUT2D eigenvalue weighted by atomic mass is 19.4. The summed E-state index contributed by atoms with van der Waals surface area (Å²) in [5, 5.41) is 0. The molecule has 0 spiro atoms. The van der Waals surface area contributed by atoms with Gasteiger partial charge in [0.25, 0.3) is 0 Å². The standard InChI is InChI=1S/C11H10F3O/c1-15-7-3-5-9-4-2-6-10(8-9)11(12,13)14/h2-6,8H,1,7H2. The first-order valence-electron chi connectivity index (χ1n) is 4.25. The number of hydrogen-bond donors (Lipinski definition) is 0. The van der Waals surface area contributed by atoms with Crippen LogP contribution in [0.3, 0.4) is 0 Å². The van der Waals surface area contributed by atoms with Gasteiger partial charge in [0.1, 0.15) is 0 Å². The van der Waals surface area contributed by atoms with Crippen LogP contribution >= 0.6 is 0 Å². The van der Waals surface area contributed by atoms with Crippen molar-refractivity contribution in [1.29, 1.82) is 0 Å². The number of halogens is 3. The van der Waals surface area contributed by atoms with Gasteiger partial charge in [-0.1, -0.05) is 24.3 Å². The third-order valence-corrected chi connectivity index (χ3v) is 1.74. The number of rotatable bonds is 3. The van der Waals surface area contributed by atoms with Crippen LogP contribution in [0.2, 0.25) is 0 Å². The number of alkyl halides is 3. The monoisotopic (exact) mass is 215 g/mol. The highest BCUT2D eigenvalue weighted by molar-refractivity contribution is 5.50. The predicted molar refractivity (Wildman–Crippen MR) is 51.8 cm³/mol. The highest BCUT2D eigenvalue weighted by Crippen LogP contribution is 2.29. The molecule has 0 bridgehead atoms. The van der Waals surface area contributed by atoms with Gasteiger partial charge in [-0.25, -0.2) is 0 Å². The van der Waals surface area contributed by atoms with Crippen molar-refractivity contribution in [3.8, 4) is 0 Å². The van der Waals surface area contributed by atoms with Gasteiger partial charge in [0, 0.05) is 0 Å². The molecule has 0 amide bonds. The Morgan fingerprint density at radius 3 is 2.67 bits per heavy atom. The Balaban J connectivity index is 2.84. The smallest absolute Gasteiger partial charge is 0.375 e. The van der Waals surface area contributed by atoms with Crippen LogP contribution in [0.5, 0.6) is 0 Å². The summed E-state index contributed by atoms with van der Waals surface area (Å²) in [6.07, 6.45) is -1.14. The van der Waals surface area contributed by atoms with Crippen LogP contribution in [0.4, 0.5) is 13.2 Å². The molecule has 0 unspecified atom stereocenters. The van der Waals surface area contributed by atoms with E-state index in [9.17, 15) is 13.2 Å². The fourth-order valence-corrected chi connectivity index (χ4v) is 1.07. The van der Waals surface area contributed by atoms with Gasteiger partial charge in [0.2, 0.25) is 0 Å².